The van der Waals surface area contributed by atoms with Crippen molar-refractivity contribution < 1.29 is 0 Å². The summed E-state index contributed by atoms with van der Waals surface area (Å²) in [4.78, 5) is 2.15. The van der Waals surface area contributed by atoms with E-state index in [0.717, 1.165) is 17.7 Å². The molecule has 0 heterocycles. The highest BCUT2D eigenvalue weighted by Gasteiger charge is 2.14. The van der Waals surface area contributed by atoms with Crippen molar-refractivity contribution in [1.29, 1.82) is 5.26 Å². The molecule has 0 bridgehead atoms. The third kappa shape index (κ3) is 2.64. The van der Waals surface area contributed by atoms with Gasteiger partial charge < -0.3 is 4.90 Å². The predicted octanol–water partition coefficient (Wildman–Crippen LogP) is 2.70. The van der Waals surface area contributed by atoms with Gasteiger partial charge in [0.05, 0.1) is 11.6 Å². The summed E-state index contributed by atoms with van der Waals surface area (Å²) in [5, 5.41) is 9.09. The van der Waals surface area contributed by atoms with Crippen molar-refractivity contribution in [3.05, 3.63) is 59.2 Å². The van der Waals surface area contributed by atoms with Crippen molar-refractivity contribution in [2.45, 2.75) is 5.92 Å². The molecule has 1 aliphatic carbocycles. The Hall–Kier alpha value is -1.85. The maximum Gasteiger partial charge on any atom is 0.0994 e. The van der Waals surface area contributed by atoms with Crippen LogP contribution < -0.4 is 0 Å². The van der Waals surface area contributed by atoms with E-state index in [-0.39, 0.29) is 5.92 Å². The van der Waals surface area contributed by atoms with Crippen LogP contribution in [0.3, 0.4) is 0 Å². The van der Waals surface area contributed by atoms with E-state index in [0.29, 0.717) is 0 Å². The molecule has 0 spiro atoms. The molecule has 17 heavy (non-hydrogen) atoms. The van der Waals surface area contributed by atoms with Crippen molar-refractivity contribution in [1.82, 2.24) is 4.90 Å². The first-order valence-corrected chi connectivity index (χ1v) is 5.73. The minimum absolute atomic E-state index is 0.251. The lowest BCUT2D eigenvalue weighted by Gasteiger charge is -2.10. The minimum Gasteiger partial charge on any atom is -0.305 e. The Bertz CT molecular complexity index is 504. The Morgan fingerprint density at radius 1 is 1.29 bits per heavy atom. The van der Waals surface area contributed by atoms with Gasteiger partial charge in [-0.1, -0.05) is 36.4 Å². The van der Waals surface area contributed by atoms with Crippen molar-refractivity contribution in [2.75, 3.05) is 20.6 Å². The average molecular weight is 224 g/mol. The molecule has 1 aromatic carbocycles. The average Bonchev–Trinajstić information content (AvgIpc) is 2.76. The molecule has 2 nitrogen and oxygen atoms in total. The molecule has 1 unspecified atom stereocenters. The van der Waals surface area contributed by atoms with Crippen molar-refractivity contribution >= 4 is 0 Å². The van der Waals surface area contributed by atoms with E-state index in [9.17, 15) is 0 Å². The van der Waals surface area contributed by atoms with Gasteiger partial charge in [-0.05, 0) is 31.3 Å². The third-order valence-electron chi connectivity index (χ3n) is 2.85. The van der Waals surface area contributed by atoms with Crippen LogP contribution in [-0.4, -0.2) is 25.5 Å². The summed E-state index contributed by atoms with van der Waals surface area (Å²) in [6.07, 6.45) is 6.55. The van der Waals surface area contributed by atoms with E-state index in [1.807, 2.05) is 24.3 Å². The monoisotopic (exact) mass is 224 g/mol. The van der Waals surface area contributed by atoms with Crippen LogP contribution in [0.5, 0.6) is 0 Å². The smallest absolute Gasteiger partial charge is 0.0994 e. The molecule has 0 aliphatic heterocycles. The first kappa shape index (κ1) is 11.6. The second-order valence-electron chi connectivity index (χ2n) is 4.56. The molecule has 0 fully saturated rings. The molecule has 2 rings (SSSR count). The number of benzene rings is 1. The lowest BCUT2D eigenvalue weighted by Crippen LogP contribution is -2.13. The minimum atomic E-state index is 0.251. The normalized spacial score (nSPS) is 18.2. The molecule has 1 aliphatic rings. The Kier molecular flexibility index (Phi) is 3.41. The molecule has 0 radical (unpaired) electrons. The van der Waals surface area contributed by atoms with E-state index < -0.39 is 0 Å². The van der Waals surface area contributed by atoms with Crippen molar-refractivity contribution in [3.63, 3.8) is 0 Å². The van der Waals surface area contributed by atoms with Gasteiger partial charge in [-0.3, -0.25) is 0 Å². The Morgan fingerprint density at radius 2 is 2.06 bits per heavy atom. The van der Waals surface area contributed by atoms with Crippen LogP contribution in [-0.2, 0) is 0 Å². The van der Waals surface area contributed by atoms with Gasteiger partial charge in [0.15, 0.2) is 0 Å². The highest BCUT2D eigenvalue weighted by molar-refractivity contribution is 5.47. The molecule has 1 aromatic rings. The Labute approximate surface area is 102 Å². The van der Waals surface area contributed by atoms with E-state index in [2.05, 4.69) is 43.3 Å². The number of hydrogen-bond donors (Lipinski definition) is 0. The van der Waals surface area contributed by atoms with Gasteiger partial charge in [0.1, 0.15) is 0 Å². The van der Waals surface area contributed by atoms with Crippen molar-refractivity contribution in [2.24, 2.45) is 0 Å². The summed E-state index contributed by atoms with van der Waals surface area (Å²) in [7, 11) is 4.12. The molecule has 0 saturated heterocycles. The van der Waals surface area contributed by atoms with E-state index in [1.165, 1.54) is 5.57 Å². The second kappa shape index (κ2) is 4.99. The van der Waals surface area contributed by atoms with Crippen LogP contribution in [0.15, 0.2) is 48.1 Å². The number of likely N-dealkylation sites (N-methyl/N-ethyl adjacent to an activating group) is 1. The fraction of sp³-hybridized carbons (Fsp3) is 0.267. The first-order chi connectivity index (χ1) is 8.20. The molecule has 1 atom stereocenters. The SMILES string of the molecule is CN(C)CC1=CC(c2ccccc2C#N)C=C1. The number of rotatable bonds is 3. The van der Waals surface area contributed by atoms with Gasteiger partial charge in [0.2, 0.25) is 0 Å². The molecule has 2 heteroatoms. The van der Waals surface area contributed by atoms with Gasteiger partial charge in [-0.2, -0.15) is 5.26 Å². The quantitative estimate of drug-likeness (QED) is 0.789. The number of nitrogens with zero attached hydrogens (tertiary/aromatic N) is 2. The molecular weight excluding hydrogens is 208 g/mol. The lowest BCUT2D eigenvalue weighted by molar-refractivity contribution is 0.449. The predicted molar refractivity (Wildman–Crippen MR) is 69.7 cm³/mol. The topological polar surface area (TPSA) is 27.0 Å². The first-order valence-electron chi connectivity index (χ1n) is 5.73. The van der Waals surface area contributed by atoms with Crippen LogP contribution in [0.4, 0.5) is 0 Å². The number of hydrogen-bond acceptors (Lipinski definition) is 2. The molecule has 0 N–H and O–H groups in total. The summed E-state index contributed by atoms with van der Waals surface area (Å²) >= 11 is 0. The maximum atomic E-state index is 9.09. The molecule has 0 aromatic heterocycles. The van der Waals surface area contributed by atoms with Gasteiger partial charge in [0, 0.05) is 12.5 Å². The lowest BCUT2D eigenvalue weighted by atomic mass is 9.96. The van der Waals surface area contributed by atoms with Crippen LogP contribution in [0.25, 0.3) is 0 Å². The molecule has 0 amide bonds. The zero-order valence-electron chi connectivity index (χ0n) is 10.2. The Balaban J connectivity index is 2.24. The van der Waals surface area contributed by atoms with Crippen LogP contribution in [0.1, 0.15) is 17.0 Å². The standard InChI is InChI=1S/C15H16N2/c1-17(2)11-12-7-8-13(9-12)15-6-4-3-5-14(15)10-16/h3-9,13H,11H2,1-2H3. The van der Waals surface area contributed by atoms with E-state index in [4.69, 9.17) is 5.26 Å². The van der Waals surface area contributed by atoms with Crippen LogP contribution in [0.2, 0.25) is 0 Å². The summed E-state index contributed by atoms with van der Waals surface area (Å²) in [5.74, 6) is 0.251. The fourth-order valence-electron chi connectivity index (χ4n) is 2.12. The number of nitriles is 1. The molecule has 86 valence electrons. The van der Waals surface area contributed by atoms with E-state index in [1.54, 1.807) is 0 Å². The maximum absolute atomic E-state index is 9.09. The Morgan fingerprint density at radius 3 is 2.76 bits per heavy atom. The van der Waals surface area contributed by atoms with Gasteiger partial charge in [-0.25, -0.2) is 0 Å². The van der Waals surface area contributed by atoms with Gasteiger partial charge >= 0.3 is 0 Å². The third-order valence-corrected chi connectivity index (χ3v) is 2.85. The largest absolute Gasteiger partial charge is 0.305 e. The highest BCUT2D eigenvalue weighted by Crippen LogP contribution is 2.28. The zero-order chi connectivity index (χ0) is 12.3. The highest BCUT2D eigenvalue weighted by atomic mass is 15.0. The number of allylic oxidation sites excluding steroid dienone is 2. The molecule has 0 saturated carbocycles. The van der Waals surface area contributed by atoms with Crippen molar-refractivity contribution in [3.8, 4) is 6.07 Å². The summed E-state index contributed by atoms with van der Waals surface area (Å²) in [5.41, 5.74) is 3.18. The fourth-order valence-corrected chi connectivity index (χ4v) is 2.12. The van der Waals surface area contributed by atoms with Crippen LogP contribution >= 0.6 is 0 Å². The van der Waals surface area contributed by atoms with Gasteiger partial charge in [-0.15, -0.1) is 0 Å². The molecular formula is C15H16N2. The van der Waals surface area contributed by atoms with E-state index >= 15 is 0 Å². The summed E-state index contributed by atoms with van der Waals surface area (Å²) < 4.78 is 0. The summed E-state index contributed by atoms with van der Waals surface area (Å²) in [6, 6.07) is 10.1. The van der Waals surface area contributed by atoms with Crippen LogP contribution in [0, 0.1) is 11.3 Å². The summed E-state index contributed by atoms with van der Waals surface area (Å²) in [6.45, 7) is 0.946. The van der Waals surface area contributed by atoms with Gasteiger partial charge in [0.25, 0.3) is 0 Å². The second-order valence-corrected chi connectivity index (χ2v) is 4.56. The zero-order valence-corrected chi connectivity index (χ0v) is 10.2.